The lowest BCUT2D eigenvalue weighted by molar-refractivity contribution is 0.997. The van der Waals surface area contributed by atoms with Gasteiger partial charge in [-0.15, -0.1) is 0 Å². The molecule has 0 fully saturated rings. The lowest BCUT2D eigenvalue weighted by Gasteiger charge is -2.27. The van der Waals surface area contributed by atoms with Gasteiger partial charge in [-0.1, -0.05) is 73.9 Å². The van der Waals surface area contributed by atoms with E-state index in [0.717, 1.165) is 29.9 Å². The smallest absolute Gasteiger partial charge is 0.0461 e. The van der Waals surface area contributed by atoms with Crippen molar-refractivity contribution in [2.75, 3.05) is 16.8 Å². The van der Waals surface area contributed by atoms with E-state index in [1.54, 1.807) is 6.08 Å². The van der Waals surface area contributed by atoms with Gasteiger partial charge < -0.3 is 9.80 Å². The Balaban J connectivity index is 1.60. The highest BCUT2D eigenvalue weighted by molar-refractivity contribution is 5.74. The molecule has 3 aromatic rings. The third-order valence-corrected chi connectivity index (χ3v) is 5.85. The van der Waals surface area contributed by atoms with Crippen LogP contribution in [0.25, 0.3) is 11.1 Å². The molecule has 0 saturated carbocycles. The number of hydrogen-bond acceptors (Lipinski definition) is 2. The number of likely N-dealkylation sites (N-methyl/N-ethyl adjacent to an activating group) is 1. The molecule has 1 aliphatic carbocycles. The summed E-state index contributed by atoms with van der Waals surface area (Å²) in [5.74, 6) is 0. The van der Waals surface area contributed by atoms with E-state index in [9.17, 15) is 0 Å². The number of allylic oxidation sites excluding steroid dienone is 6. The third kappa shape index (κ3) is 5.07. The second-order valence-corrected chi connectivity index (χ2v) is 7.96. The van der Waals surface area contributed by atoms with E-state index >= 15 is 0 Å². The van der Waals surface area contributed by atoms with Crippen LogP contribution in [0.15, 0.2) is 140 Å². The maximum atomic E-state index is 3.90. The Hall–Kier alpha value is -4.04. The number of nitrogens with zero attached hydrogens (tertiary/aromatic N) is 2. The number of para-hydroxylation sites is 1. The molecule has 0 aliphatic heterocycles. The zero-order valence-electron chi connectivity index (χ0n) is 19.2. The predicted molar refractivity (Wildman–Crippen MR) is 144 cm³/mol. The van der Waals surface area contributed by atoms with Crippen LogP contribution in [0.1, 0.15) is 12.8 Å². The van der Waals surface area contributed by atoms with E-state index in [4.69, 9.17) is 0 Å². The number of anilines is 3. The largest absolute Gasteiger partial charge is 0.345 e. The molecule has 2 heteroatoms. The molecule has 0 amide bonds. The van der Waals surface area contributed by atoms with Gasteiger partial charge in [-0.05, 0) is 78.6 Å². The number of benzene rings is 3. The average molecular weight is 431 g/mol. The fraction of sp³-hybridized carbons (Fsp3) is 0.0968. The van der Waals surface area contributed by atoms with Crippen LogP contribution in [0.3, 0.4) is 0 Å². The minimum absolute atomic E-state index is 1.01. The Labute approximate surface area is 197 Å². The van der Waals surface area contributed by atoms with E-state index < -0.39 is 0 Å². The molecule has 0 unspecified atom stereocenters. The topological polar surface area (TPSA) is 6.48 Å². The minimum Gasteiger partial charge on any atom is -0.345 e. The normalized spacial score (nSPS) is 13.2. The van der Waals surface area contributed by atoms with Gasteiger partial charge in [-0.2, -0.15) is 0 Å². The van der Waals surface area contributed by atoms with Gasteiger partial charge in [0.15, 0.2) is 0 Å². The van der Waals surface area contributed by atoms with Gasteiger partial charge in [0.1, 0.15) is 0 Å². The molecule has 0 atom stereocenters. The molecule has 2 nitrogen and oxygen atoms in total. The molecule has 3 aromatic carbocycles. The predicted octanol–water partition coefficient (Wildman–Crippen LogP) is 8.42. The van der Waals surface area contributed by atoms with Crippen LogP contribution in [0, 0.1) is 0 Å². The zero-order valence-corrected chi connectivity index (χ0v) is 19.2. The van der Waals surface area contributed by atoms with Crippen LogP contribution in [0.5, 0.6) is 0 Å². The summed E-state index contributed by atoms with van der Waals surface area (Å²) in [6, 6.07) is 27.9. The Kier molecular flexibility index (Phi) is 7.06. The fourth-order valence-corrected chi connectivity index (χ4v) is 4.06. The van der Waals surface area contributed by atoms with Crippen molar-refractivity contribution in [3.8, 4) is 11.1 Å². The van der Waals surface area contributed by atoms with Crippen molar-refractivity contribution >= 4 is 17.1 Å². The second-order valence-electron chi connectivity index (χ2n) is 7.96. The number of rotatable bonds is 8. The summed E-state index contributed by atoms with van der Waals surface area (Å²) in [6.07, 6.45) is 14.5. The standard InChI is InChI=1S/C31H30N2/c1-4-12-27(5-2)32(3)28-21-17-25(18-22-28)26-19-23-31(24-20-26)33(29-13-8-6-9-14-29)30-15-10-7-11-16-30/h4-6,8-10,12-24H,1-2,7,11H2,3H3/b27-12+. The molecule has 4 rings (SSSR count). The van der Waals surface area contributed by atoms with Crippen LogP contribution >= 0.6 is 0 Å². The van der Waals surface area contributed by atoms with Crippen molar-refractivity contribution in [3.63, 3.8) is 0 Å². The average Bonchev–Trinajstić information content (AvgIpc) is 2.89. The molecule has 0 N–H and O–H groups in total. The first kappa shape index (κ1) is 22.2. The van der Waals surface area contributed by atoms with Crippen LogP contribution in [0.2, 0.25) is 0 Å². The highest BCUT2D eigenvalue weighted by atomic mass is 15.1. The summed E-state index contributed by atoms with van der Waals surface area (Å²) in [4.78, 5) is 4.42. The van der Waals surface area contributed by atoms with Gasteiger partial charge in [0.2, 0.25) is 0 Å². The van der Waals surface area contributed by atoms with Crippen LogP contribution in [-0.4, -0.2) is 7.05 Å². The van der Waals surface area contributed by atoms with E-state index in [-0.39, 0.29) is 0 Å². The molecule has 0 spiro atoms. The van der Waals surface area contributed by atoms with E-state index in [2.05, 4.69) is 120 Å². The van der Waals surface area contributed by atoms with Crippen molar-refractivity contribution in [2.45, 2.75) is 12.8 Å². The Bertz CT molecular complexity index is 1180. The second kappa shape index (κ2) is 10.5. The van der Waals surface area contributed by atoms with Gasteiger partial charge in [0, 0.05) is 35.5 Å². The van der Waals surface area contributed by atoms with E-state index in [1.807, 2.05) is 19.2 Å². The summed E-state index contributed by atoms with van der Waals surface area (Å²) in [5.41, 5.74) is 8.04. The fourth-order valence-electron chi connectivity index (χ4n) is 4.06. The lowest BCUT2D eigenvalue weighted by Crippen LogP contribution is -2.16. The molecular weight excluding hydrogens is 400 g/mol. The highest BCUT2D eigenvalue weighted by Crippen LogP contribution is 2.33. The van der Waals surface area contributed by atoms with Gasteiger partial charge in [0.25, 0.3) is 0 Å². The maximum Gasteiger partial charge on any atom is 0.0461 e. The molecule has 33 heavy (non-hydrogen) atoms. The summed E-state index contributed by atoms with van der Waals surface area (Å²) >= 11 is 0. The van der Waals surface area contributed by atoms with Crippen molar-refractivity contribution in [2.24, 2.45) is 0 Å². The van der Waals surface area contributed by atoms with Gasteiger partial charge in [-0.25, -0.2) is 0 Å². The Morgan fingerprint density at radius 2 is 1.36 bits per heavy atom. The molecule has 0 heterocycles. The summed E-state index contributed by atoms with van der Waals surface area (Å²) in [6.45, 7) is 7.68. The van der Waals surface area contributed by atoms with E-state index in [0.29, 0.717) is 0 Å². The van der Waals surface area contributed by atoms with Gasteiger partial charge >= 0.3 is 0 Å². The summed E-state index contributed by atoms with van der Waals surface area (Å²) in [7, 11) is 2.04. The molecule has 0 bridgehead atoms. The van der Waals surface area contributed by atoms with Gasteiger partial charge in [0.05, 0.1) is 0 Å². The Morgan fingerprint density at radius 3 is 1.91 bits per heavy atom. The molecular formula is C31H30N2. The van der Waals surface area contributed by atoms with Crippen molar-refractivity contribution in [1.82, 2.24) is 0 Å². The molecule has 0 saturated heterocycles. The first-order chi connectivity index (χ1) is 16.2. The summed E-state index contributed by atoms with van der Waals surface area (Å²) < 4.78 is 0. The zero-order chi connectivity index (χ0) is 23.0. The van der Waals surface area contributed by atoms with Crippen LogP contribution < -0.4 is 9.80 Å². The number of hydrogen-bond donors (Lipinski definition) is 0. The third-order valence-electron chi connectivity index (χ3n) is 5.85. The highest BCUT2D eigenvalue weighted by Gasteiger charge is 2.14. The van der Waals surface area contributed by atoms with Crippen LogP contribution in [-0.2, 0) is 0 Å². The first-order valence-corrected chi connectivity index (χ1v) is 11.3. The van der Waals surface area contributed by atoms with Gasteiger partial charge in [-0.3, -0.25) is 0 Å². The maximum absolute atomic E-state index is 3.90. The SMILES string of the molecule is C=C/C=C(\C=C)N(C)c1ccc(-c2ccc(N(C3=CCCC=C3)c3ccccc3)cc2)cc1. The molecule has 0 aromatic heterocycles. The van der Waals surface area contributed by atoms with Crippen LogP contribution in [0.4, 0.5) is 17.1 Å². The quantitative estimate of drug-likeness (QED) is 0.331. The van der Waals surface area contributed by atoms with Crippen molar-refractivity contribution in [3.05, 3.63) is 140 Å². The lowest BCUT2D eigenvalue weighted by atomic mass is 10.0. The van der Waals surface area contributed by atoms with Crippen molar-refractivity contribution in [1.29, 1.82) is 0 Å². The Morgan fingerprint density at radius 1 is 0.758 bits per heavy atom. The monoisotopic (exact) mass is 430 g/mol. The first-order valence-electron chi connectivity index (χ1n) is 11.3. The molecule has 0 radical (unpaired) electrons. The summed E-state index contributed by atoms with van der Waals surface area (Å²) in [5, 5.41) is 0. The van der Waals surface area contributed by atoms with Crippen molar-refractivity contribution < 1.29 is 0 Å². The molecule has 164 valence electrons. The minimum atomic E-state index is 1.01. The molecule has 1 aliphatic rings. The van der Waals surface area contributed by atoms with E-state index in [1.165, 1.54) is 22.5 Å².